The number of amides is 3. The van der Waals surface area contributed by atoms with Crippen molar-refractivity contribution in [2.75, 3.05) is 37.6 Å². The average Bonchev–Trinajstić information content (AvgIpc) is 3.54. The summed E-state index contributed by atoms with van der Waals surface area (Å²) >= 11 is 0. The molecule has 3 fully saturated rings. The summed E-state index contributed by atoms with van der Waals surface area (Å²) in [6, 6.07) is 11.7. The van der Waals surface area contributed by atoms with Crippen LogP contribution >= 0.6 is 0 Å². The van der Waals surface area contributed by atoms with Gasteiger partial charge in [-0.3, -0.25) is 24.3 Å². The van der Waals surface area contributed by atoms with Crippen LogP contribution in [0.5, 0.6) is 0 Å². The van der Waals surface area contributed by atoms with Gasteiger partial charge in [0.2, 0.25) is 5.91 Å². The SMILES string of the molecule is O=C1NCCCN(C(=O)c2ccncc2)CCCN2C(=O)[C@@]3(c4ccccc42)[C@H]1C[C@@H]1CCCN13. The lowest BCUT2D eigenvalue weighted by molar-refractivity contribution is -0.138. The Balaban J connectivity index is 1.35. The van der Waals surface area contributed by atoms with Crippen molar-refractivity contribution in [2.24, 2.45) is 5.92 Å². The van der Waals surface area contributed by atoms with Crippen LogP contribution in [0.1, 0.15) is 48.0 Å². The van der Waals surface area contributed by atoms with Gasteiger partial charge in [-0.2, -0.15) is 0 Å². The lowest BCUT2D eigenvalue weighted by atomic mass is 9.78. The highest BCUT2D eigenvalue weighted by Gasteiger charge is 2.66. The molecule has 4 aliphatic heterocycles. The quantitative estimate of drug-likeness (QED) is 0.686. The van der Waals surface area contributed by atoms with Crippen LogP contribution in [0.2, 0.25) is 0 Å². The van der Waals surface area contributed by atoms with Gasteiger partial charge in [-0.15, -0.1) is 0 Å². The summed E-state index contributed by atoms with van der Waals surface area (Å²) in [7, 11) is 0. The third-order valence-electron chi connectivity index (χ3n) is 8.26. The van der Waals surface area contributed by atoms with Gasteiger partial charge in [0.15, 0.2) is 0 Å². The number of nitrogens with zero attached hydrogens (tertiary/aromatic N) is 4. The first-order valence-electron chi connectivity index (χ1n) is 12.8. The number of pyridine rings is 1. The average molecular weight is 474 g/mol. The molecule has 0 radical (unpaired) electrons. The molecule has 3 saturated heterocycles. The molecule has 2 bridgehead atoms. The van der Waals surface area contributed by atoms with Gasteiger partial charge in [0.1, 0.15) is 5.54 Å². The van der Waals surface area contributed by atoms with E-state index in [1.807, 2.05) is 34.1 Å². The smallest absolute Gasteiger partial charge is 0.253 e. The maximum absolute atomic E-state index is 14.3. The molecule has 5 heterocycles. The van der Waals surface area contributed by atoms with E-state index in [4.69, 9.17) is 0 Å². The van der Waals surface area contributed by atoms with Crippen molar-refractivity contribution in [3.8, 4) is 0 Å². The predicted molar refractivity (Wildman–Crippen MR) is 131 cm³/mol. The van der Waals surface area contributed by atoms with Crippen molar-refractivity contribution in [3.63, 3.8) is 0 Å². The number of fused-ring (bicyclic) bond motifs is 4. The molecule has 0 unspecified atom stereocenters. The maximum atomic E-state index is 14.3. The fourth-order valence-electron chi connectivity index (χ4n) is 6.80. The highest BCUT2D eigenvalue weighted by atomic mass is 16.2. The standard InChI is InChI=1S/C27H31N5O3/c33-24-22-18-20-6-3-17-32(20)27(22)21-7-1-2-8-23(21)31(26(27)35)16-5-15-30(14-4-11-29-24)25(34)19-9-12-28-13-10-19/h1-2,7-10,12-13,20,22H,3-6,11,14-18H2,(H,29,33)/t20-,22-,27+/m0/s1. The number of hydrogen-bond acceptors (Lipinski definition) is 5. The van der Waals surface area contributed by atoms with Gasteiger partial charge in [0.05, 0.1) is 5.92 Å². The van der Waals surface area contributed by atoms with Crippen LogP contribution in [-0.4, -0.2) is 71.3 Å². The number of para-hydroxylation sites is 1. The number of aromatic nitrogens is 1. The Morgan fingerprint density at radius 1 is 0.971 bits per heavy atom. The molecule has 3 amide bonds. The highest BCUT2D eigenvalue weighted by Crippen LogP contribution is 2.57. The molecule has 6 rings (SSSR count). The number of rotatable bonds is 1. The Hall–Kier alpha value is -3.26. The summed E-state index contributed by atoms with van der Waals surface area (Å²) in [6.45, 7) is 2.94. The van der Waals surface area contributed by atoms with E-state index >= 15 is 0 Å². The summed E-state index contributed by atoms with van der Waals surface area (Å²) in [6.07, 6.45) is 7.39. The molecule has 8 nitrogen and oxygen atoms in total. The van der Waals surface area contributed by atoms with E-state index < -0.39 is 11.5 Å². The van der Waals surface area contributed by atoms with E-state index in [2.05, 4.69) is 15.2 Å². The van der Waals surface area contributed by atoms with Crippen LogP contribution < -0.4 is 10.2 Å². The van der Waals surface area contributed by atoms with Crippen molar-refractivity contribution in [1.29, 1.82) is 0 Å². The van der Waals surface area contributed by atoms with Crippen LogP contribution in [0, 0.1) is 5.92 Å². The molecule has 0 saturated carbocycles. The van der Waals surface area contributed by atoms with Gasteiger partial charge in [-0.05, 0) is 56.8 Å². The zero-order valence-electron chi connectivity index (χ0n) is 19.9. The predicted octanol–water partition coefficient (Wildman–Crippen LogP) is 2.16. The van der Waals surface area contributed by atoms with Crippen LogP contribution in [0.3, 0.4) is 0 Å². The molecule has 0 aliphatic carbocycles. The second-order valence-corrected chi connectivity index (χ2v) is 10.0. The zero-order valence-corrected chi connectivity index (χ0v) is 19.9. The minimum Gasteiger partial charge on any atom is -0.356 e. The molecule has 1 spiro atoms. The molecular weight excluding hydrogens is 442 g/mol. The van der Waals surface area contributed by atoms with Gasteiger partial charge in [-0.1, -0.05) is 18.2 Å². The molecule has 182 valence electrons. The van der Waals surface area contributed by atoms with E-state index in [0.29, 0.717) is 51.0 Å². The molecule has 1 N–H and O–H groups in total. The fourth-order valence-corrected chi connectivity index (χ4v) is 6.80. The molecule has 3 atom stereocenters. The molecule has 4 aliphatic rings. The minimum atomic E-state index is -0.914. The van der Waals surface area contributed by atoms with Crippen molar-refractivity contribution in [2.45, 2.75) is 43.7 Å². The Kier molecular flexibility index (Phi) is 5.56. The highest BCUT2D eigenvalue weighted by molar-refractivity contribution is 6.11. The zero-order chi connectivity index (χ0) is 24.0. The number of nitrogens with one attached hydrogen (secondary N) is 1. The summed E-state index contributed by atoms with van der Waals surface area (Å²) < 4.78 is 0. The van der Waals surface area contributed by atoms with Crippen molar-refractivity contribution >= 4 is 23.4 Å². The monoisotopic (exact) mass is 473 g/mol. The molecule has 1 aromatic heterocycles. The molecule has 8 heteroatoms. The number of carbonyl (C=O) groups excluding carboxylic acids is 3. The van der Waals surface area contributed by atoms with E-state index in [1.54, 1.807) is 24.5 Å². The van der Waals surface area contributed by atoms with Crippen molar-refractivity contribution in [3.05, 3.63) is 59.9 Å². The minimum absolute atomic E-state index is 0.0227. The Morgan fingerprint density at radius 2 is 1.77 bits per heavy atom. The second-order valence-electron chi connectivity index (χ2n) is 10.0. The van der Waals surface area contributed by atoms with Crippen LogP contribution in [-0.2, 0) is 15.1 Å². The Morgan fingerprint density at radius 3 is 2.63 bits per heavy atom. The molecule has 35 heavy (non-hydrogen) atoms. The molecule has 1 aromatic carbocycles. The second kappa shape index (κ2) is 8.75. The van der Waals surface area contributed by atoms with Gasteiger partial charge in [0, 0.05) is 61.4 Å². The maximum Gasteiger partial charge on any atom is 0.253 e. The topological polar surface area (TPSA) is 85.9 Å². The van der Waals surface area contributed by atoms with Crippen molar-refractivity contribution in [1.82, 2.24) is 20.1 Å². The lowest BCUT2D eigenvalue weighted by Gasteiger charge is -2.37. The number of carbonyl (C=O) groups is 3. The fraction of sp³-hybridized carbons (Fsp3) is 0.481. The third kappa shape index (κ3) is 3.37. The largest absolute Gasteiger partial charge is 0.356 e. The first kappa shape index (κ1) is 22.2. The van der Waals surface area contributed by atoms with E-state index in [1.165, 1.54) is 0 Å². The summed E-state index contributed by atoms with van der Waals surface area (Å²) in [5.41, 5.74) is 1.57. The third-order valence-corrected chi connectivity index (χ3v) is 8.26. The van der Waals surface area contributed by atoms with Crippen LogP contribution in [0.4, 0.5) is 5.69 Å². The number of benzene rings is 1. The van der Waals surface area contributed by atoms with Gasteiger partial charge in [-0.25, -0.2) is 0 Å². The van der Waals surface area contributed by atoms with E-state index in [-0.39, 0.29) is 23.8 Å². The van der Waals surface area contributed by atoms with Gasteiger partial charge in [0.25, 0.3) is 11.8 Å². The van der Waals surface area contributed by atoms with Crippen LogP contribution in [0.25, 0.3) is 0 Å². The van der Waals surface area contributed by atoms with E-state index in [0.717, 1.165) is 30.6 Å². The van der Waals surface area contributed by atoms with E-state index in [9.17, 15) is 14.4 Å². The van der Waals surface area contributed by atoms with Gasteiger partial charge >= 0.3 is 0 Å². The summed E-state index contributed by atoms with van der Waals surface area (Å²) in [5, 5.41) is 3.13. The van der Waals surface area contributed by atoms with Crippen LogP contribution in [0.15, 0.2) is 48.8 Å². The first-order chi connectivity index (χ1) is 17.1. The molecular formula is C27H31N5O3. The normalized spacial score (nSPS) is 28.9. The molecule has 2 aromatic rings. The lowest BCUT2D eigenvalue weighted by Crippen LogP contribution is -2.56. The summed E-state index contributed by atoms with van der Waals surface area (Å²) in [5.74, 6) is -0.470. The Labute approximate surface area is 205 Å². The summed E-state index contributed by atoms with van der Waals surface area (Å²) in [4.78, 5) is 51.2. The Bertz CT molecular complexity index is 1150. The number of anilines is 1. The van der Waals surface area contributed by atoms with Gasteiger partial charge < -0.3 is 15.1 Å². The van der Waals surface area contributed by atoms with Crippen molar-refractivity contribution < 1.29 is 14.4 Å². The number of hydrogen-bond donors (Lipinski definition) is 1. The first-order valence-corrected chi connectivity index (χ1v) is 12.8.